The third-order valence-electron chi connectivity index (χ3n) is 7.57. The van der Waals surface area contributed by atoms with E-state index in [2.05, 4.69) is 22.4 Å². The topological polar surface area (TPSA) is 143 Å². The lowest BCUT2D eigenvalue weighted by atomic mass is 9.66. The van der Waals surface area contributed by atoms with Gasteiger partial charge in [0.05, 0.1) is 35.4 Å². The maximum absolute atomic E-state index is 16.2. The number of carbonyl (C=O) groups excluding carboxylic acids is 4. The number of ether oxygens (including phenoxy) is 2. The van der Waals surface area contributed by atoms with Crippen molar-refractivity contribution in [2.75, 3.05) is 23.0 Å². The highest BCUT2D eigenvalue weighted by Crippen LogP contribution is 2.50. The van der Waals surface area contributed by atoms with Gasteiger partial charge in [0, 0.05) is 13.0 Å². The van der Waals surface area contributed by atoms with Gasteiger partial charge in [-0.2, -0.15) is 0 Å². The number of anilines is 2. The first-order valence-electron chi connectivity index (χ1n) is 11.9. The molecule has 3 saturated heterocycles. The second kappa shape index (κ2) is 8.00. The SMILES string of the molecule is C=CC[C@H]1COC(=O)N1c1noc2c(F)c3c(cc12)CC1(C(=O)NC(=O)NC1=O)[C@H]1[C@H](C)O[C@H](C)CN31. The first-order valence-corrected chi connectivity index (χ1v) is 11.9. The van der Waals surface area contributed by atoms with Crippen LogP contribution in [0.4, 0.5) is 25.5 Å². The molecule has 4 atom stereocenters. The molecule has 5 heterocycles. The summed E-state index contributed by atoms with van der Waals surface area (Å²) in [5.74, 6) is -2.23. The Bertz CT molecular complexity index is 1370. The van der Waals surface area contributed by atoms with Crippen molar-refractivity contribution in [2.24, 2.45) is 5.41 Å². The standard InChI is InChI=1S/C24H24FN5O7/c1-4-5-13-9-35-23(34)30(13)19-14-6-12-7-24(20(31)26-22(33)27-21(24)32)18-11(3)36-10(2)8-29(18)16(12)15(25)17(14)37-28-19/h4,6,10-11,13,18H,1,5,7-9H2,2-3H3,(H2,26,27,31,32,33)/t10-,11+,13+,18-/m1/s1. The Morgan fingerprint density at radius 2 is 1.97 bits per heavy atom. The van der Waals surface area contributed by atoms with Crippen molar-refractivity contribution >= 4 is 46.4 Å². The van der Waals surface area contributed by atoms with Crippen molar-refractivity contribution in [2.45, 2.75) is 51.0 Å². The molecule has 1 aromatic carbocycles. The van der Waals surface area contributed by atoms with E-state index in [0.29, 0.717) is 12.0 Å². The average Bonchev–Trinajstić information content (AvgIpc) is 3.40. The number of barbiturate groups is 1. The molecule has 13 heteroatoms. The van der Waals surface area contributed by atoms with Gasteiger partial charge in [-0.3, -0.25) is 25.1 Å². The Morgan fingerprint density at radius 3 is 2.68 bits per heavy atom. The van der Waals surface area contributed by atoms with Crippen LogP contribution in [0, 0.1) is 11.2 Å². The highest BCUT2D eigenvalue weighted by Gasteiger charge is 2.63. The summed E-state index contributed by atoms with van der Waals surface area (Å²) in [6.07, 6.45) is 0.185. The Kier molecular flexibility index (Phi) is 5.06. The van der Waals surface area contributed by atoms with E-state index in [0.717, 1.165) is 0 Å². The number of cyclic esters (lactones) is 1. The molecule has 0 bridgehead atoms. The van der Waals surface area contributed by atoms with Gasteiger partial charge in [-0.15, -0.1) is 6.58 Å². The van der Waals surface area contributed by atoms with Crippen LogP contribution in [-0.4, -0.2) is 66.5 Å². The quantitative estimate of drug-likeness (QED) is 0.463. The molecule has 194 valence electrons. The largest absolute Gasteiger partial charge is 0.447 e. The van der Waals surface area contributed by atoms with E-state index in [1.807, 2.05) is 0 Å². The van der Waals surface area contributed by atoms with Crippen molar-refractivity contribution in [1.29, 1.82) is 0 Å². The number of imide groups is 2. The predicted octanol–water partition coefficient (Wildman–Crippen LogP) is 1.76. The van der Waals surface area contributed by atoms with Crippen LogP contribution in [0.15, 0.2) is 23.2 Å². The number of benzene rings is 1. The predicted molar refractivity (Wildman–Crippen MR) is 125 cm³/mol. The van der Waals surface area contributed by atoms with Crippen LogP contribution in [0.25, 0.3) is 11.0 Å². The molecular formula is C24H24FN5O7. The average molecular weight is 513 g/mol. The zero-order valence-corrected chi connectivity index (χ0v) is 20.1. The van der Waals surface area contributed by atoms with Crippen LogP contribution < -0.4 is 20.4 Å². The van der Waals surface area contributed by atoms with Gasteiger partial charge in [0.15, 0.2) is 17.1 Å². The highest BCUT2D eigenvalue weighted by atomic mass is 19.1. The fourth-order valence-corrected chi connectivity index (χ4v) is 6.20. The molecule has 6 rings (SSSR count). The Labute approximate surface area is 209 Å². The van der Waals surface area contributed by atoms with Crippen LogP contribution in [0.3, 0.4) is 0 Å². The minimum atomic E-state index is -1.77. The molecule has 2 aromatic rings. The summed E-state index contributed by atoms with van der Waals surface area (Å²) in [4.78, 5) is 54.0. The van der Waals surface area contributed by atoms with Crippen LogP contribution in [0.2, 0.25) is 0 Å². The van der Waals surface area contributed by atoms with Gasteiger partial charge in [-0.25, -0.2) is 14.0 Å². The van der Waals surface area contributed by atoms with Gasteiger partial charge in [0.25, 0.3) is 0 Å². The van der Waals surface area contributed by atoms with Crippen LogP contribution >= 0.6 is 0 Å². The second-order valence-electron chi connectivity index (χ2n) is 9.84. The molecule has 4 aliphatic rings. The number of nitrogens with one attached hydrogen (secondary N) is 2. The molecule has 37 heavy (non-hydrogen) atoms. The Hall–Kier alpha value is -4.00. The van der Waals surface area contributed by atoms with E-state index < -0.39 is 53.4 Å². The van der Waals surface area contributed by atoms with E-state index in [1.165, 1.54) is 4.90 Å². The summed E-state index contributed by atoms with van der Waals surface area (Å²) in [6.45, 7) is 7.51. The lowest BCUT2D eigenvalue weighted by Gasteiger charge is -2.55. The van der Waals surface area contributed by atoms with Gasteiger partial charge in [0.2, 0.25) is 17.4 Å². The van der Waals surface area contributed by atoms with E-state index >= 15 is 4.39 Å². The van der Waals surface area contributed by atoms with Gasteiger partial charge < -0.3 is 18.9 Å². The molecule has 1 spiro atoms. The first-order chi connectivity index (χ1) is 17.7. The number of halogens is 1. The monoisotopic (exact) mass is 513 g/mol. The van der Waals surface area contributed by atoms with Gasteiger partial charge in [-0.1, -0.05) is 11.2 Å². The maximum atomic E-state index is 16.2. The third kappa shape index (κ3) is 3.12. The third-order valence-corrected chi connectivity index (χ3v) is 7.57. The summed E-state index contributed by atoms with van der Waals surface area (Å²) in [7, 11) is 0. The van der Waals surface area contributed by atoms with Crippen molar-refractivity contribution in [3.05, 3.63) is 30.1 Å². The number of hydrogen-bond donors (Lipinski definition) is 2. The summed E-state index contributed by atoms with van der Waals surface area (Å²) >= 11 is 0. The van der Waals surface area contributed by atoms with Crippen molar-refractivity contribution in [3.8, 4) is 0 Å². The number of hydrogen-bond acceptors (Lipinski definition) is 9. The Balaban J connectivity index is 1.56. The van der Waals surface area contributed by atoms with Crippen molar-refractivity contribution in [3.63, 3.8) is 0 Å². The molecule has 0 unspecified atom stereocenters. The summed E-state index contributed by atoms with van der Waals surface area (Å²) < 4.78 is 32.7. The molecule has 1 aromatic heterocycles. The summed E-state index contributed by atoms with van der Waals surface area (Å²) in [5, 5.41) is 8.59. The molecule has 2 N–H and O–H groups in total. The minimum Gasteiger partial charge on any atom is -0.447 e. The zero-order chi connectivity index (χ0) is 26.2. The smallest absolute Gasteiger partial charge is 0.416 e. The molecule has 0 saturated carbocycles. The number of aromatic nitrogens is 1. The minimum absolute atomic E-state index is 0.0682. The fourth-order valence-electron chi connectivity index (χ4n) is 6.20. The zero-order valence-electron chi connectivity index (χ0n) is 20.1. The summed E-state index contributed by atoms with van der Waals surface area (Å²) in [6, 6.07) is -0.644. The number of morpholine rings is 1. The van der Waals surface area contributed by atoms with Gasteiger partial charge in [0.1, 0.15) is 6.61 Å². The molecule has 0 aliphatic carbocycles. The number of amides is 5. The number of urea groups is 1. The Morgan fingerprint density at radius 1 is 1.24 bits per heavy atom. The number of carbonyl (C=O) groups is 4. The molecule has 0 radical (unpaired) electrons. The van der Waals surface area contributed by atoms with E-state index in [1.54, 1.807) is 30.9 Å². The van der Waals surface area contributed by atoms with E-state index in [9.17, 15) is 19.2 Å². The molecular weight excluding hydrogens is 489 g/mol. The van der Waals surface area contributed by atoms with Crippen molar-refractivity contribution in [1.82, 2.24) is 15.8 Å². The van der Waals surface area contributed by atoms with Crippen molar-refractivity contribution < 1.29 is 37.6 Å². The van der Waals surface area contributed by atoms with E-state index in [-0.39, 0.29) is 48.2 Å². The lowest BCUT2D eigenvalue weighted by molar-refractivity contribution is -0.153. The fraction of sp³-hybridized carbons (Fsp3) is 0.458. The van der Waals surface area contributed by atoms with Crippen LogP contribution in [-0.2, 0) is 25.5 Å². The first kappa shape index (κ1) is 23.4. The van der Waals surface area contributed by atoms with Gasteiger partial charge in [-0.05, 0) is 31.9 Å². The maximum Gasteiger partial charge on any atom is 0.416 e. The number of rotatable bonds is 3. The number of nitrogens with zero attached hydrogens (tertiary/aromatic N) is 3. The molecule has 12 nitrogen and oxygen atoms in total. The molecule has 4 aliphatic heterocycles. The van der Waals surface area contributed by atoms with Crippen LogP contribution in [0.1, 0.15) is 25.8 Å². The molecule has 3 fully saturated rings. The normalized spacial score (nSPS) is 28.6. The number of fused-ring (bicyclic) bond motifs is 5. The highest BCUT2D eigenvalue weighted by molar-refractivity contribution is 6.20. The second-order valence-corrected chi connectivity index (χ2v) is 9.84. The molecule has 5 amide bonds. The lowest BCUT2D eigenvalue weighted by Crippen LogP contribution is -2.75. The van der Waals surface area contributed by atoms with Crippen LogP contribution in [0.5, 0.6) is 0 Å². The van der Waals surface area contributed by atoms with E-state index in [4.69, 9.17) is 14.0 Å². The summed E-state index contributed by atoms with van der Waals surface area (Å²) in [5.41, 5.74) is -1.44. The van der Waals surface area contributed by atoms with Gasteiger partial charge >= 0.3 is 12.1 Å².